The maximum absolute atomic E-state index is 12.5. The van der Waals surface area contributed by atoms with E-state index in [4.69, 9.17) is 16.1 Å². The number of thiophene rings is 1. The summed E-state index contributed by atoms with van der Waals surface area (Å²) in [5.41, 5.74) is 2.11. The van der Waals surface area contributed by atoms with Gasteiger partial charge in [-0.25, -0.2) is 0 Å². The lowest BCUT2D eigenvalue weighted by atomic mass is 10.1. The van der Waals surface area contributed by atoms with Crippen LogP contribution < -0.4 is 5.32 Å². The Balaban J connectivity index is 1.81. The number of aliphatic hydroxyl groups excluding tert-OH is 1. The Morgan fingerprint density at radius 2 is 2.21 bits per heavy atom. The Bertz CT molecular complexity index is 845. The van der Waals surface area contributed by atoms with Crippen LogP contribution in [-0.4, -0.2) is 22.7 Å². The molecule has 2 heterocycles. The SMILES string of the molecule is Cc1onc(-c2ccccc2Cl)c1C(=O)NCC(O)c1ccsc1. The molecule has 0 aliphatic heterocycles. The lowest BCUT2D eigenvalue weighted by Crippen LogP contribution is -2.28. The zero-order chi connectivity index (χ0) is 17.1. The van der Waals surface area contributed by atoms with E-state index in [1.54, 1.807) is 25.1 Å². The van der Waals surface area contributed by atoms with Gasteiger partial charge >= 0.3 is 0 Å². The van der Waals surface area contributed by atoms with Gasteiger partial charge in [0.2, 0.25) is 0 Å². The third-order valence-electron chi connectivity index (χ3n) is 3.60. The molecule has 5 nitrogen and oxygen atoms in total. The van der Waals surface area contributed by atoms with E-state index >= 15 is 0 Å². The van der Waals surface area contributed by atoms with Gasteiger partial charge in [0.15, 0.2) is 0 Å². The Morgan fingerprint density at radius 1 is 1.42 bits per heavy atom. The molecule has 2 aromatic heterocycles. The highest BCUT2D eigenvalue weighted by atomic mass is 35.5. The molecule has 1 amide bonds. The van der Waals surface area contributed by atoms with Crippen molar-refractivity contribution in [1.82, 2.24) is 10.5 Å². The number of aromatic nitrogens is 1. The fourth-order valence-electron chi connectivity index (χ4n) is 2.34. The van der Waals surface area contributed by atoms with Crippen LogP contribution >= 0.6 is 22.9 Å². The van der Waals surface area contributed by atoms with Gasteiger partial charge in [0.25, 0.3) is 5.91 Å². The van der Waals surface area contributed by atoms with Gasteiger partial charge in [-0.3, -0.25) is 4.79 Å². The molecule has 1 unspecified atom stereocenters. The highest BCUT2D eigenvalue weighted by Gasteiger charge is 2.23. The van der Waals surface area contributed by atoms with Gasteiger partial charge in [-0.2, -0.15) is 11.3 Å². The summed E-state index contributed by atoms with van der Waals surface area (Å²) < 4.78 is 5.17. The second kappa shape index (κ2) is 7.17. The molecule has 0 saturated carbocycles. The largest absolute Gasteiger partial charge is 0.387 e. The molecule has 0 radical (unpaired) electrons. The van der Waals surface area contributed by atoms with E-state index in [0.717, 1.165) is 5.56 Å². The van der Waals surface area contributed by atoms with Crippen molar-refractivity contribution in [1.29, 1.82) is 0 Å². The first-order valence-corrected chi connectivity index (χ1v) is 8.59. The Kier molecular flexibility index (Phi) is 4.99. The van der Waals surface area contributed by atoms with E-state index in [0.29, 0.717) is 27.6 Å². The van der Waals surface area contributed by atoms with Crippen LogP contribution in [0.5, 0.6) is 0 Å². The number of carbonyl (C=O) groups excluding carboxylic acids is 1. The average molecular weight is 363 g/mol. The molecule has 1 atom stereocenters. The van der Waals surface area contributed by atoms with Crippen molar-refractivity contribution in [3.05, 3.63) is 63.0 Å². The lowest BCUT2D eigenvalue weighted by Gasteiger charge is -2.11. The van der Waals surface area contributed by atoms with E-state index in [9.17, 15) is 9.90 Å². The van der Waals surface area contributed by atoms with Crippen molar-refractivity contribution in [2.45, 2.75) is 13.0 Å². The van der Waals surface area contributed by atoms with Crippen molar-refractivity contribution in [3.63, 3.8) is 0 Å². The molecule has 124 valence electrons. The maximum Gasteiger partial charge on any atom is 0.257 e. The van der Waals surface area contributed by atoms with Crippen LogP contribution in [0.2, 0.25) is 5.02 Å². The average Bonchev–Trinajstić information content (AvgIpc) is 3.22. The zero-order valence-electron chi connectivity index (χ0n) is 12.8. The third-order valence-corrected chi connectivity index (χ3v) is 4.63. The molecule has 3 rings (SSSR count). The Labute approximate surface area is 147 Å². The first-order chi connectivity index (χ1) is 11.6. The third kappa shape index (κ3) is 3.36. The number of benzene rings is 1. The first kappa shape index (κ1) is 16.7. The summed E-state index contributed by atoms with van der Waals surface area (Å²) in [5, 5.41) is 21.0. The molecule has 0 aliphatic carbocycles. The van der Waals surface area contributed by atoms with Crippen LogP contribution in [0.15, 0.2) is 45.6 Å². The number of halogens is 1. The standard InChI is InChI=1S/C17H15ClN2O3S/c1-10-15(16(20-23-10)12-4-2-3-5-13(12)18)17(22)19-8-14(21)11-6-7-24-9-11/h2-7,9,14,21H,8H2,1H3,(H,19,22). The van der Waals surface area contributed by atoms with Crippen molar-refractivity contribution in [3.8, 4) is 11.3 Å². The van der Waals surface area contributed by atoms with Crippen molar-refractivity contribution in [2.24, 2.45) is 0 Å². The van der Waals surface area contributed by atoms with E-state index in [2.05, 4.69) is 10.5 Å². The van der Waals surface area contributed by atoms with Crippen LogP contribution in [0.3, 0.4) is 0 Å². The number of amides is 1. The summed E-state index contributed by atoms with van der Waals surface area (Å²) in [5.74, 6) is 0.0328. The molecule has 0 saturated heterocycles. The topological polar surface area (TPSA) is 75.4 Å². The molecule has 0 spiro atoms. The quantitative estimate of drug-likeness (QED) is 0.723. The van der Waals surface area contributed by atoms with Crippen molar-refractivity contribution >= 4 is 28.8 Å². The molecule has 0 aliphatic rings. The number of carbonyl (C=O) groups is 1. The van der Waals surface area contributed by atoms with Gasteiger partial charge in [0.1, 0.15) is 17.0 Å². The van der Waals surface area contributed by atoms with Crippen LogP contribution in [0.25, 0.3) is 11.3 Å². The normalized spacial score (nSPS) is 12.1. The van der Waals surface area contributed by atoms with Crippen LogP contribution in [0, 0.1) is 6.92 Å². The highest BCUT2D eigenvalue weighted by molar-refractivity contribution is 7.07. The van der Waals surface area contributed by atoms with Crippen LogP contribution in [0.1, 0.15) is 27.8 Å². The predicted octanol–water partition coefficient (Wildman–Crippen LogP) is 3.83. The summed E-state index contributed by atoms with van der Waals surface area (Å²) in [7, 11) is 0. The molecule has 0 bridgehead atoms. The first-order valence-electron chi connectivity index (χ1n) is 7.27. The zero-order valence-corrected chi connectivity index (χ0v) is 14.4. The second-order valence-corrected chi connectivity index (χ2v) is 6.41. The van der Waals surface area contributed by atoms with Crippen LogP contribution in [0.4, 0.5) is 0 Å². The molecular formula is C17H15ClN2O3S. The summed E-state index contributed by atoms with van der Waals surface area (Å²) in [6.07, 6.45) is -0.760. The molecule has 7 heteroatoms. The van der Waals surface area contributed by atoms with E-state index in [-0.39, 0.29) is 12.5 Å². The smallest absolute Gasteiger partial charge is 0.257 e. The molecular weight excluding hydrogens is 348 g/mol. The fraction of sp³-hybridized carbons (Fsp3) is 0.176. The fourth-order valence-corrected chi connectivity index (χ4v) is 3.27. The van der Waals surface area contributed by atoms with Crippen LogP contribution in [-0.2, 0) is 0 Å². The number of rotatable bonds is 5. The minimum absolute atomic E-state index is 0.0994. The number of hydrogen-bond donors (Lipinski definition) is 2. The molecule has 3 aromatic rings. The van der Waals surface area contributed by atoms with E-state index < -0.39 is 6.10 Å². The Hall–Kier alpha value is -2.15. The summed E-state index contributed by atoms with van der Waals surface area (Å²) in [6, 6.07) is 8.93. The monoisotopic (exact) mass is 362 g/mol. The number of nitrogens with zero attached hydrogens (tertiary/aromatic N) is 1. The van der Waals surface area contributed by atoms with Crippen molar-refractivity contribution < 1.29 is 14.4 Å². The summed E-state index contributed by atoms with van der Waals surface area (Å²) in [6.45, 7) is 1.76. The number of aliphatic hydroxyl groups is 1. The number of nitrogens with one attached hydrogen (secondary N) is 1. The summed E-state index contributed by atoms with van der Waals surface area (Å²) in [4.78, 5) is 12.5. The lowest BCUT2D eigenvalue weighted by molar-refractivity contribution is 0.0915. The van der Waals surface area contributed by atoms with Gasteiger partial charge in [-0.1, -0.05) is 35.0 Å². The second-order valence-electron chi connectivity index (χ2n) is 5.22. The predicted molar refractivity (Wildman–Crippen MR) is 93.3 cm³/mol. The summed E-state index contributed by atoms with van der Waals surface area (Å²) >= 11 is 7.68. The number of hydrogen-bond acceptors (Lipinski definition) is 5. The molecule has 24 heavy (non-hydrogen) atoms. The molecule has 0 fully saturated rings. The van der Waals surface area contributed by atoms with Gasteiger partial charge in [0, 0.05) is 12.1 Å². The van der Waals surface area contributed by atoms with Gasteiger partial charge < -0.3 is 14.9 Å². The maximum atomic E-state index is 12.5. The number of aryl methyl sites for hydroxylation is 1. The Morgan fingerprint density at radius 3 is 2.92 bits per heavy atom. The van der Waals surface area contributed by atoms with Gasteiger partial charge in [0.05, 0.1) is 11.1 Å². The van der Waals surface area contributed by atoms with E-state index in [1.807, 2.05) is 22.9 Å². The van der Waals surface area contributed by atoms with E-state index in [1.165, 1.54) is 11.3 Å². The van der Waals surface area contributed by atoms with Crippen molar-refractivity contribution in [2.75, 3.05) is 6.54 Å². The molecule has 1 aromatic carbocycles. The minimum Gasteiger partial charge on any atom is -0.387 e. The minimum atomic E-state index is -0.760. The van der Waals surface area contributed by atoms with Gasteiger partial charge in [-0.15, -0.1) is 0 Å². The highest BCUT2D eigenvalue weighted by Crippen LogP contribution is 2.31. The molecule has 2 N–H and O–H groups in total. The van der Waals surface area contributed by atoms with Gasteiger partial charge in [-0.05, 0) is 35.4 Å².